The summed E-state index contributed by atoms with van der Waals surface area (Å²) in [7, 11) is 4.35. The van der Waals surface area contributed by atoms with E-state index in [4.69, 9.17) is 23.4 Å². The summed E-state index contributed by atoms with van der Waals surface area (Å²) in [5, 5.41) is 1.16. The number of esters is 1. The van der Waals surface area contributed by atoms with Crippen molar-refractivity contribution in [3.63, 3.8) is 0 Å². The first-order chi connectivity index (χ1) is 19.2. The van der Waals surface area contributed by atoms with Crippen LogP contribution in [0.25, 0.3) is 21.7 Å². The molecule has 1 aromatic heterocycles. The molecule has 0 saturated carbocycles. The van der Waals surface area contributed by atoms with Crippen molar-refractivity contribution >= 4 is 39.5 Å². The number of imide groups is 1. The molecule has 40 heavy (non-hydrogen) atoms. The van der Waals surface area contributed by atoms with Crippen LogP contribution in [0.1, 0.15) is 41.0 Å². The van der Waals surface area contributed by atoms with Crippen molar-refractivity contribution in [2.75, 3.05) is 21.3 Å². The van der Waals surface area contributed by atoms with Gasteiger partial charge < -0.3 is 23.4 Å². The lowest BCUT2D eigenvalue weighted by Crippen LogP contribution is -2.47. The van der Waals surface area contributed by atoms with Crippen molar-refractivity contribution < 1.29 is 37.7 Å². The van der Waals surface area contributed by atoms with Crippen molar-refractivity contribution in [3.05, 3.63) is 70.1 Å². The molecule has 1 atom stereocenters. The summed E-state index contributed by atoms with van der Waals surface area (Å²) >= 11 is 0. The van der Waals surface area contributed by atoms with E-state index < -0.39 is 29.5 Å². The zero-order valence-electron chi connectivity index (χ0n) is 22.6. The average Bonchev–Trinajstić information content (AvgIpc) is 3.19. The van der Waals surface area contributed by atoms with Crippen LogP contribution in [-0.4, -0.2) is 50.1 Å². The van der Waals surface area contributed by atoms with E-state index in [2.05, 4.69) is 0 Å². The zero-order valence-corrected chi connectivity index (χ0v) is 22.6. The molecule has 0 radical (unpaired) electrons. The second-order valence-corrected chi connectivity index (χ2v) is 9.71. The number of hydrogen-bond donors (Lipinski definition) is 0. The minimum absolute atomic E-state index is 0.0257. The van der Waals surface area contributed by atoms with Crippen LogP contribution in [0.2, 0.25) is 0 Å². The molecular weight excluding hydrogens is 518 g/mol. The van der Waals surface area contributed by atoms with Crippen LogP contribution < -0.4 is 24.6 Å². The van der Waals surface area contributed by atoms with Gasteiger partial charge in [-0.1, -0.05) is 26.0 Å². The van der Waals surface area contributed by atoms with Crippen LogP contribution >= 0.6 is 0 Å². The second kappa shape index (κ2) is 10.4. The molecule has 0 N–H and O–H groups in total. The normalized spacial score (nSPS) is 13.6. The van der Waals surface area contributed by atoms with E-state index in [1.165, 1.54) is 39.5 Å². The molecule has 1 unspecified atom stereocenters. The van der Waals surface area contributed by atoms with Crippen molar-refractivity contribution in [2.24, 2.45) is 5.92 Å². The van der Waals surface area contributed by atoms with Gasteiger partial charge in [-0.2, -0.15) is 0 Å². The van der Waals surface area contributed by atoms with Gasteiger partial charge in [-0.15, -0.1) is 0 Å². The number of ether oxygens (including phenoxy) is 4. The van der Waals surface area contributed by atoms with Gasteiger partial charge >= 0.3 is 11.6 Å². The Morgan fingerprint density at radius 3 is 2.08 bits per heavy atom. The SMILES string of the molecule is COc1cc2c(=O)oc3cc(OC(=O)C(CC(C)C)N4C(=O)c5ccccc5C4=O)ccc3c2c(OC)c1OC. The highest BCUT2D eigenvalue weighted by Gasteiger charge is 2.43. The van der Waals surface area contributed by atoms with Gasteiger partial charge in [-0.25, -0.2) is 9.59 Å². The second-order valence-electron chi connectivity index (χ2n) is 9.71. The lowest BCUT2D eigenvalue weighted by molar-refractivity contribution is -0.139. The van der Waals surface area contributed by atoms with Crippen LogP contribution in [0, 0.1) is 5.92 Å². The molecule has 1 aliphatic heterocycles. The highest BCUT2D eigenvalue weighted by molar-refractivity contribution is 6.22. The van der Waals surface area contributed by atoms with Gasteiger partial charge in [0, 0.05) is 16.8 Å². The Balaban J connectivity index is 1.54. The topological polar surface area (TPSA) is 122 Å². The fraction of sp³-hybridized carbons (Fsp3) is 0.267. The zero-order chi connectivity index (χ0) is 28.7. The molecular formula is C30H27NO9. The Bertz CT molecular complexity index is 1700. The Morgan fingerprint density at radius 2 is 1.50 bits per heavy atom. The minimum atomic E-state index is -1.15. The molecule has 206 valence electrons. The number of fused-ring (bicyclic) bond motifs is 4. The molecule has 2 amide bonds. The first-order valence-corrected chi connectivity index (χ1v) is 12.6. The van der Waals surface area contributed by atoms with E-state index in [1.54, 1.807) is 30.3 Å². The molecule has 2 heterocycles. The lowest BCUT2D eigenvalue weighted by Gasteiger charge is -2.25. The van der Waals surface area contributed by atoms with E-state index in [-0.39, 0.29) is 45.9 Å². The summed E-state index contributed by atoms with van der Waals surface area (Å²) in [5.41, 5.74) is -0.0350. The van der Waals surface area contributed by atoms with Gasteiger partial charge in [-0.3, -0.25) is 14.5 Å². The predicted octanol–water partition coefficient (Wildman–Crippen LogP) is 4.59. The number of carbonyl (C=O) groups excluding carboxylic acids is 3. The highest BCUT2D eigenvalue weighted by Crippen LogP contribution is 2.45. The van der Waals surface area contributed by atoms with E-state index in [0.717, 1.165) is 4.90 Å². The quantitative estimate of drug-likeness (QED) is 0.103. The fourth-order valence-electron chi connectivity index (χ4n) is 5.03. The molecule has 0 bridgehead atoms. The van der Waals surface area contributed by atoms with Crippen LogP contribution in [0.4, 0.5) is 0 Å². The van der Waals surface area contributed by atoms with Crippen molar-refractivity contribution in [1.82, 2.24) is 4.90 Å². The van der Waals surface area contributed by atoms with E-state index >= 15 is 0 Å². The molecule has 4 aromatic rings. The number of amides is 2. The van der Waals surface area contributed by atoms with E-state index in [9.17, 15) is 19.2 Å². The number of methoxy groups -OCH3 is 3. The first kappa shape index (κ1) is 26.7. The average molecular weight is 546 g/mol. The van der Waals surface area contributed by atoms with Crippen LogP contribution in [0.3, 0.4) is 0 Å². The summed E-state index contributed by atoms with van der Waals surface area (Å²) in [5.74, 6) is -0.944. The third-order valence-corrected chi connectivity index (χ3v) is 6.80. The van der Waals surface area contributed by atoms with Gasteiger partial charge in [0.25, 0.3) is 11.8 Å². The number of nitrogens with zero attached hydrogens (tertiary/aromatic N) is 1. The van der Waals surface area contributed by atoms with Crippen LogP contribution in [-0.2, 0) is 4.79 Å². The summed E-state index contributed by atoms with van der Waals surface area (Å²) < 4.78 is 27.6. The Morgan fingerprint density at radius 1 is 0.850 bits per heavy atom. The molecule has 0 spiro atoms. The van der Waals surface area contributed by atoms with Gasteiger partial charge in [0.05, 0.1) is 37.8 Å². The van der Waals surface area contributed by atoms with Gasteiger partial charge in [-0.05, 0) is 42.7 Å². The number of benzene rings is 3. The van der Waals surface area contributed by atoms with Crippen LogP contribution in [0.15, 0.2) is 57.7 Å². The standard InChI is InChI=1S/C30H27NO9/c1-15(2)12-21(31-27(32)17-8-6-7-9-18(17)28(31)33)30(35)39-16-10-11-19-22(13-16)40-29(34)20-14-23(36-3)25(37-4)26(38-5)24(19)20/h6-11,13-15,21H,12H2,1-5H3. The van der Waals surface area contributed by atoms with Crippen LogP contribution in [0.5, 0.6) is 23.0 Å². The van der Waals surface area contributed by atoms with Gasteiger partial charge in [0.15, 0.2) is 11.5 Å². The summed E-state index contributed by atoms with van der Waals surface area (Å²) in [6.45, 7) is 3.76. The summed E-state index contributed by atoms with van der Waals surface area (Å²) in [6, 6.07) is 11.4. The molecule has 10 heteroatoms. The Kier molecular flexibility index (Phi) is 6.93. The van der Waals surface area contributed by atoms with Crippen molar-refractivity contribution in [1.29, 1.82) is 0 Å². The molecule has 5 rings (SSSR count). The molecule has 10 nitrogen and oxygen atoms in total. The van der Waals surface area contributed by atoms with E-state index in [0.29, 0.717) is 22.3 Å². The highest BCUT2D eigenvalue weighted by atomic mass is 16.5. The predicted molar refractivity (Wildman–Crippen MR) is 145 cm³/mol. The molecule has 1 aliphatic rings. The smallest absolute Gasteiger partial charge is 0.344 e. The number of rotatable bonds is 8. The summed E-state index contributed by atoms with van der Waals surface area (Å²) in [6.07, 6.45) is 0.205. The monoisotopic (exact) mass is 545 g/mol. The maximum atomic E-state index is 13.4. The third kappa shape index (κ3) is 4.31. The minimum Gasteiger partial charge on any atom is -0.493 e. The molecule has 3 aromatic carbocycles. The van der Waals surface area contributed by atoms with Gasteiger partial charge in [0.2, 0.25) is 5.75 Å². The molecule has 0 fully saturated rings. The number of carbonyl (C=O) groups is 3. The molecule has 0 aliphatic carbocycles. The van der Waals surface area contributed by atoms with Crippen molar-refractivity contribution in [2.45, 2.75) is 26.3 Å². The van der Waals surface area contributed by atoms with Crippen molar-refractivity contribution in [3.8, 4) is 23.0 Å². The molecule has 0 saturated heterocycles. The van der Waals surface area contributed by atoms with Gasteiger partial charge in [0.1, 0.15) is 17.4 Å². The lowest BCUT2D eigenvalue weighted by atomic mass is 10.0. The fourth-order valence-corrected chi connectivity index (χ4v) is 5.03. The maximum absolute atomic E-state index is 13.4. The maximum Gasteiger partial charge on any atom is 0.344 e. The number of hydrogen-bond acceptors (Lipinski definition) is 9. The summed E-state index contributed by atoms with van der Waals surface area (Å²) in [4.78, 5) is 53.5. The Hall–Kier alpha value is -4.86. The Labute approximate surface area is 229 Å². The largest absolute Gasteiger partial charge is 0.493 e. The third-order valence-electron chi connectivity index (χ3n) is 6.80. The van der Waals surface area contributed by atoms with E-state index in [1.807, 2.05) is 13.8 Å². The first-order valence-electron chi connectivity index (χ1n) is 12.6.